The number of unbranched alkanes of at least 4 members (excludes halogenated alkanes) is 3. The van der Waals surface area contributed by atoms with Gasteiger partial charge in [0.1, 0.15) is 0 Å². The monoisotopic (exact) mass is 263 g/mol. The van der Waals surface area contributed by atoms with E-state index >= 15 is 0 Å². The molecule has 4 aliphatic rings. The maximum absolute atomic E-state index is 6.81. The second-order valence-corrected chi connectivity index (χ2v) is 8.95. The van der Waals surface area contributed by atoms with E-state index < -0.39 is 0 Å². The lowest BCUT2D eigenvalue weighted by atomic mass is 9.38. The highest BCUT2D eigenvalue weighted by Gasteiger charge is 2.63. The van der Waals surface area contributed by atoms with Crippen molar-refractivity contribution in [2.45, 2.75) is 91.0 Å². The zero-order chi connectivity index (χ0) is 13.7. The standard InChI is InChI=1S/C18H33N/c1-4-5-6-7-8-18-11-14-9-16(2,13-18)12-17(3,10-14)15(18)19/h14-15H,4-13,19H2,1-3H3. The van der Waals surface area contributed by atoms with Crippen LogP contribution in [0, 0.1) is 22.2 Å². The van der Waals surface area contributed by atoms with Crippen molar-refractivity contribution in [3.8, 4) is 0 Å². The Hall–Kier alpha value is -0.0400. The predicted octanol–water partition coefficient (Wildman–Crippen LogP) is 4.89. The molecule has 0 spiro atoms. The van der Waals surface area contributed by atoms with Gasteiger partial charge in [-0.25, -0.2) is 0 Å². The lowest BCUT2D eigenvalue weighted by Crippen LogP contribution is -2.66. The van der Waals surface area contributed by atoms with Crippen molar-refractivity contribution in [3.05, 3.63) is 0 Å². The first-order chi connectivity index (χ1) is 8.91. The molecule has 0 heterocycles. The molecular formula is C18H33N. The van der Waals surface area contributed by atoms with E-state index in [4.69, 9.17) is 5.73 Å². The van der Waals surface area contributed by atoms with Gasteiger partial charge in [0, 0.05) is 6.04 Å². The number of nitrogens with two attached hydrogens (primary N) is 1. The van der Waals surface area contributed by atoms with Crippen LogP contribution < -0.4 is 5.73 Å². The largest absolute Gasteiger partial charge is 0.327 e. The topological polar surface area (TPSA) is 26.0 Å². The van der Waals surface area contributed by atoms with Crippen LogP contribution in [0.4, 0.5) is 0 Å². The summed E-state index contributed by atoms with van der Waals surface area (Å²) in [7, 11) is 0. The fraction of sp³-hybridized carbons (Fsp3) is 1.00. The van der Waals surface area contributed by atoms with Gasteiger partial charge < -0.3 is 5.73 Å². The molecule has 5 atom stereocenters. The highest BCUT2D eigenvalue weighted by atomic mass is 14.8. The minimum Gasteiger partial charge on any atom is -0.327 e. The first-order valence-corrected chi connectivity index (χ1v) is 8.67. The van der Waals surface area contributed by atoms with Crippen molar-refractivity contribution in [2.24, 2.45) is 27.9 Å². The highest BCUT2D eigenvalue weighted by molar-refractivity contribution is 5.16. The van der Waals surface area contributed by atoms with Crippen LogP contribution in [0.15, 0.2) is 0 Å². The molecule has 2 N–H and O–H groups in total. The van der Waals surface area contributed by atoms with Crippen molar-refractivity contribution < 1.29 is 0 Å². The second kappa shape index (κ2) is 4.48. The molecular weight excluding hydrogens is 230 g/mol. The van der Waals surface area contributed by atoms with E-state index in [9.17, 15) is 0 Å². The predicted molar refractivity (Wildman–Crippen MR) is 82.0 cm³/mol. The first-order valence-electron chi connectivity index (χ1n) is 8.67. The third kappa shape index (κ3) is 2.17. The maximum atomic E-state index is 6.81. The zero-order valence-corrected chi connectivity index (χ0v) is 13.3. The molecule has 4 aliphatic carbocycles. The molecule has 0 aromatic rings. The fourth-order valence-electron chi connectivity index (χ4n) is 6.79. The van der Waals surface area contributed by atoms with E-state index in [-0.39, 0.29) is 0 Å². The molecule has 110 valence electrons. The summed E-state index contributed by atoms with van der Waals surface area (Å²) in [4.78, 5) is 0. The molecule has 4 bridgehead atoms. The van der Waals surface area contributed by atoms with Gasteiger partial charge in [0.2, 0.25) is 0 Å². The minimum atomic E-state index is 0.457. The van der Waals surface area contributed by atoms with Gasteiger partial charge in [-0.1, -0.05) is 46.5 Å². The number of hydrogen-bond acceptors (Lipinski definition) is 1. The van der Waals surface area contributed by atoms with Crippen molar-refractivity contribution in [3.63, 3.8) is 0 Å². The summed E-state index contributed by atoms with van der Waals surface area (Å²) >= 11 is 0. The molecule has 0 radical (unpaired) electrons. The van der Waals surface area contributed by atoms with Gasteiger partial charge in [-0.3, -0.25) is 0 Å². The molecule has 0 aliphatic heterocycles. The van der Waals surface area contributed by atoms with Gasteiger partial charge in [-0.05, 0) is 60.7 Å². The van der Waals surface area contributed by atoms with Gasteiger partial charge in [0.15, 0.2) is 0 Å². The van der Waals surface area contributed by atoms with Gasteiger partial charge in [-0.2, -0.15) is 0 Å². The Bertz CT molecular complexity index is 352. The van der Waals surface area contributed by atoms with E-state index in [1.54, 1.807) is 0 Å². The fourth-order valence-corrected chi connectivity index (χ4v) is 6.79. The van der Waals surface area contributed by atoms with E-state index in [0.29, 0.717) is 22.3 Å². The third-order valence-corrected chi connectivity index (χ3v) is 6.78. The summed E-state index contributed by atoms with van der Waals surface area (Å²) < 4.78 is 0. The average molecular weight is 263 g/mol. The van der Waals surface area contributed by atoms with Crippen molar-refractivity contribution in [1.82, 2.24) is 0 Å². The summed E-state index contributed by atoms with van der Waals surface area (Å²) in [5.74, 6) is 0.989. The highest BCUT2D eigenvalue weighted by Crippen LogP contribution is 2.70. The van der Waals surface area contributed by atoms with Crippen LogP contribution in [-0.4, -0.2) is 6.04 Å². The van der Waals surface area contributed by atoms with E-state index in [0.717, 1.165) is 5.92 Å². The zero-order valence-electron chi connectivity index (χ0n) is 13.3. The Labute approximate surface area is 119 Å². The Balaban J connectivity index is 1.76. The van der Waals surface area contributed by atoms with Crippen LogP contribution in [0.3, 0.4) is 0 Å². The minimum absolute atomic E-state index is 0.457. The summed E-state index contributed by atoms with van der Waals surface area (Å²) in [6, 6.07) is 0.478. The molecule has 0 aromatic heterocycles. The van der Waals surface area contributed by atoms with Crippen LogP contribution in [0.5, 0.6) is 0 Å². The van der Waals surface area contributed by atoms with Crippen molar-refractivity contribution in [2.75, 3.05) is 0 Å². The van der Waals surface area contributed by atoms with Gasteiger partial charge in [0.25, 0.3) is 0 Å². The SMILES string of the molecule is CCCCCCC12CC3CC(C)(CC(C)(C3)C1N)C2. The van der Waals surface area contributed by atoms with Crippen LogP contribution in [0.25, 0.3) is 0 Å². The van der Waals surface area contributed by atoms with E-state index in [1.165, 1.54) is 64.2 Å². The molecule has 1 nitrogen and oxygen atoms in total. The number of rotatable bonds is 5. The summed E-state index contributed by atoms with van der Waals surface area (Å²) in [5.41, 5.74) is 8.40. The van der Waals surface area contributed by atoms with Crippen LogP contribution in [-0.2, 0) is 0 Å². The van der Waals surface area contributed by atoms with Crippen LogP contribution >= 0.6 is 0 Å². The van der Waals surface area contributed by atoms with Gasteiger partial charge in [-0.15, -0.1) is 0 Å². The Morgan fingerprint density at radius 3 is 2.47 bits per heavy atom. The van der Waals surface area contributed by atoms with Gasteiger partial charge >= 0.3 is 0 Å². The van der Waals surface area contributed by atoms with E-state index in [1.807, 2.05) is 0 Å². The lowest BCUT2D eigenvalue weighted by molar-refractivity contribution is -0.164. The molecule has 4 fully saturated rings. The van der Waals surface area contributed by atoms with E-state index in [2.05, 4.69) is 20.8 Å². The first kappa shape index (κ1) is 13.9. The lowest BCUT2D eigenvalue weighted by Gasteiger charge is -2.68. The molecule has 4 rings (SSSR count). The van der Waals surface area contributed by atoms with Crippen molar-refractivity contribution in [1.29, 1.82) is 0 Å². The molecule has 0 saturated heterocycles. The molecule has 5 unspecified atom stereocenters. The molecule has 19 heavy (non-hydrogen) atoms. The molecule has 0 aromatic carbocycles. The van der Waals surface area contributed by atoms with Gasteiger partial charge in [0.05, 0.1) is 0 Å². The maximum Gasteiger partial charge on any atom is 0.0150 e. The molecule has 0 amide bonds. The normalized spacial score (nSPS) is 51.8. The molecule has 1 heteroatoms. The summed E-state index contributed by atoms with van der Waals surface area (Å²) in [5, 5.41) is 0. The number of hydrogen-bond donors (Lipinski definition) is 1. The quantitative estimate of drug-likeness (QED) is 0.702. The van der Waals surface area contributed by atoms with Crippen molar-refractivity contribution >= 4 is 0 Å². The average Bonchev–Trinajstić information content (AvgIpc) is 2.29. The van der Waals surface area contributed by atoms with Crippen LogP contribution in [0.2, 0.25) is 0 Å². The third-order valence-electron chi connectivity index (χ3n) is 6.78. The molecule has 4 saturated carbocycles. The Morgan fingerprint density at radius 1 is 1.00 bits per heavy atom. The summed E-state index contributed by atoms with van der Waals surface area (Å²) in [6.07, 6.45) is 14.2. The Kier molecular flexibility index (Phi) is 3.28. The smallest absolute Gasteiger partial charge is 0.0150 e. The van der Waals surface area contributed by atoms with Crippen LogP contribution in [0.1, 0.15) is 85.0 Å². The Morgan fingerprint density at radius 2 is 1.79 bits per heavy atom. The second-order valence-electron chi connectivity index (χ2n) is 8.95. The summed E-state index contributed by atoms with van der Waals surface area (Å²) in [6.45, 7) is 7.36.